The number of benzene rings is 1. The van der Waals surface area contributed by atoms with Crippen LogP contribution in [0.4, 0.5) is 0 Å². The first-order valence-corrected chi connectivity index (χ1v) is 7.36. The molecule has 1 fully saturated rings. The minimum atomic E-state index is -0.476. The second-order valence-corrected chi connectivity index (χ2v) is 6.33. The predicted octanol–water partition coefficient (Wildman–Crippen LogP) is 2.37. The van der Waals surface area contributed by atoms with E-state index < -0.39 is 5.60 Å². The Bertz CT molecular complexity index is 454. The molecule has 1 aromatic rings. The molecular formula is C16H24N2O. The summed E-state index contributed by atoms with van der Waals surface area (Å²) in [5.74, 6) is 0. The van der Waals surface area contributed by atoms with Crippen molar-refractivity contribution in [2.45, 2.75) is 49.8 Å². The molecule has 1 saturated carbocycles. The molecule has 2 aliphatic carbocycles. The summed E-state index contributed by atoms with van der Waals surface area (Å²) in [7, 11) is 2.12. The molecular weight excluding hydrogens is 236 g/mol. The second kappa shape index (κ2) is 4.89. The number of nitrogens with two attached hydrogens (primary N) is 1. The van der Waals surface area contributed by atoms with E-state index in [0.29, 0.717) is 6.04 Å². The van der Waals surface area contributed by atoms with Crippen molar-refractivity contribution < 1.29 is 5.11 Å². The summed E-state index contributed by atoms with van der Waals surface area (Å²) in [5, 5.41) is 10.6. The van der Waals surface area contributed by atoms with E-state index in [9.17, 15) is 5.11 Å². The number of likely N-dealkylation sites (N-methyl/N-ethyl adjacent to an activating group) is 1. The van der Waals surface area contributed by atoms with Gasteiger partial charge in [0.05, 0.1) is 5.60 Å². The molecule has 2 unspecified atom stereocenters. The van der Waals surface area contributed by atoms with Gasteiger partial charge in [-0.15, -0.1) is 0 Å². The fourth-order valence-corrected chi connectivity index (χ4v) is 3.83. The maximum absolute atomic E-state index is 10.6. The Morgan fingerprint density at radius 1 is 1.26 bits per heavy atom. The van der Waals surface area contributed by atoms with E-state index in [4.69, 9.17) is 5.73 Å². The van der Waals surface area contributed by atoms with Gasteiger partial charge in [0.1, 0.15) is 0 Å². The van der Waals surface area contributed by atoms with Gasteiger partial charge >= 0.3 is 0 Å². The molecule has 2 aliphatic rings. The molecule has 0 radical (unpaired) electrons. The summed E-state index contributed by atoms with van der Waals surface area (Å²) in [6.45, 7) is 0.763. The Balaban J connectivity index is 1.76. The zero-order valence-corrected chi connectivity index (χ0v) is 11.7. The monoisotopic (exact) mass is 260 g/mol. The first-order chi connectivity index (χ1) is 9.09. The number of rotatable bonds is 3. The normalized spacial score (nSPS) is 28.8. The lowest BCUT2D eigenvalue weighted by Crippen LogP contribution is -2.40. The molecule has 1 aromatic carbocycles. The van der Waals surface area contributed by atoms with Gasteiger partial charge in [-0.3, -0.25) is 4.90 Å². The van der Waals surface area contributed by atoms with Gasteiger partial charge in [-0.1, -0.05) is 37.1 Å². The van der Waals surface area contributed by atoms with E-state index in [-0.39, 0.29) is 6.04 Å². The molecule has 3 N–H and O–H groups in total. The fraction of sp³-hybridized carbons (Fsp3) is 0.625. The highest BCUT2D eigenvalue weighted by atomic mass is 16.3. The first kappa shape index (κ1) is 13.1. The zero-order valence-electron chi connectivity index (χ0n) is 11.7. The van der Waals surface area contributed by atoms with Crippen molar-refractivity contribution >= 4 is 0 Å². The topological polar surface area (TPSA) is 49.5 Å². The minimum absolute atomic E-state index is 0.141. The maximum atomic E-state index is 10.6. The van der Waals surface area contributed by atoms with Crippen LogP contribution in [0.1, 0.15) is 55.3 Å². The van der Waals surface area contributed by atoms with Gasteiger partial charge in [0.25, 0.3) is 0 Å². The van der Waals surface area contributed by atoms with E-state index >= 15 is 0 Å². The van der Waals surface area contributed by atoms with E-state index in [1.807, 2.05) is 0 Å². The molecule has 0 heterocycles. The smallest absolute Gasteiger partial charge is 0.0774 e. The summed E-state index contributed by atoms with van der Waals surface area (Å²) in [6.07, 6.45) is 5.16. The molecule has 3 heteroatoms. The molecule has 0 bridgehead atoms. The van der Waals surface area contributed by atoms with E-state index in [1.54, 1.807) is 0 Å². The van der Waals surface area contributed by atoms with Crippen LogP contribution in [0.2, 0.25) is 0 Å². The van der Waals surface area contributed by atoms with Crippen molar-refractivity contribution in [3.8, 4) is 0 Å². The van der Waals surface area contributed by atoms with Crippen molar-refractivity contribution in [2.75, 3.05) is 13.6 Å². The van der Waals surface area contributed by atoms with Crippen LogP contribution in [0, 0.1) is 0 Å². The van der Waals surface area contributed by atoms with Gasteiger partial charge < -0.3 is 10.8 Å². The quantitative estimate of drug-likeness (QED) is 0.877. The highest BCUT2D eigenvalue weighted by molar-refractivity contribution is 5.37. The average molecular weight is 260 g/mol. The largest absolute Gasteiger partial charge is 0.389 e. The molecule has 3 nitrogen and oxygen atoms in total. The Kier molecular flexibility index (Phi) is 3.37. The summed E-state index contributed by atoms with van der Waals surface area (Å²) in [5.41, 5.74) is 8.37. The van der Waals surface area contributed by atoms with Gasteiger partial charge in [-0.25, -0.2) is 0 Å². The lowest BCUT2D eigenvalue weighted by atomic mass is 10.00. The SMILES string of the molecule is CN(CC1(O)CCCC1)C1CC(N)c2ccccc21. The number of nitrogens with zero attached hydrogens (tertiary/aromatic N) is 1. The number of fused-ring (bicyclic) bond motifs is 1. The highest BCUT2D eigenvalue weighted by Crippen LogP contribution is 2.41. The maximum Gasteiger partial charge on any atom is 0.0774 e. The van der Waals surface area contributed by atoms with Crippen molar-refractivity contribution in [3.05, 3.63) is 35.4 Å². The molecule has 0 spiro atoms. The third-order valence-electron chi connectivity index (χ3n) is 4.84. The van der Waals surface area contributed by atoms with Crippen LogP contribution in [0.5, 0.6) is 0 Å². The Morgan fingerprint density at radius 3 is 2.58 bits per heavy atom. The third kappa shape index (κ3) is 2.42. The molecule has 0 aliphatic heterocycles. The van der Waals surface area contributed by atoms with Crippen LogP contribution in [0.3, 0.4) is 0 Å². The Morgan fingerprint density at radius 2 is 1.89 bits per heavy atom. The summed E-state index contributed by atoms with van der Waals surface area (Å²) in [6, 6.07) is 8.96. The molecule has 3 rings (SSSR count). The summed E-state index contributed by atoms with van der Waals surface area (Å²) < 4.78 is 0. The number of aliphatic hydroxyl groups is 1. The van der Waals surface area contributed by atoms with Crippen LogP contribution in [0.25, 0.3) is 0 Å². The second-order valence-electron chi connectivity index (χ2n) is 6.33. The summed E-state index contributed by atoms with van der Waals surface area (Å²) in [4.78, 5) is 2.30. The van der Waals surface area contributed by atoms with Crippen molar-refractivity contribution in [2.24, 2.45) is 5.73 Å². The minimum Gasteiger partial charge on any atom is -0.389 e. The zero-order chi connectivity index (χ0) is 13.5. The fourth-order valence-electron chi connectivity index (χ4n) is 3.83. The van der Waals surface area contributed by atoms with Gasteiger partial charge in [0, 0.05) is 18.6 Å². The molecule has 2 atom stereocenters. The van der Waals surface area contributed by atoms with Crippen LogP contribution < -0.4 is 5.73 Å². The molecule has 0 aromatic heterocycles. The van der Waals surface area contributed by atoms with Gasteiger partial charge in [0.15, 0.2) is 0 Å². The highest BCUT2D eigenvalue weighted by Gasteiger charge is 2.37. The lowest BCUT2D eigenvalue weighted by molar-refractivity contribution is 0.00462. The molecule has 0 saturated heterocycles. The Hall–Kier alpha value is -0.900. The van der Waals surface area contributed by atoms with Crippen molar-refractivity contribution in [1.82, 2.24) is 4.90 Å². The average Bonchev–Trinajstić information content (AvgIpc) is 2.95. The van der Waals surface area contributed by atoms with Crippen molar-refractivity contribution in [1.29, 1.82) is 0 Å². The summed E-state index contributed by atoms with van der Waals surface area (Å²) >= 11 is 0. The van der Waals surface area contributed by atoms with Gasteiger partial charge in [-0.2, -0.15) is 0 Å². The number of hydrogen-bond donors (Lipinski definition) is 2. The van der Waals surface area contributed by atoms with Crippen LogP contribution in [-0.4, -0.2) is 29.2 Å². The van der Waals surface area contributed by atoms with E-state index in [1.165, 1.54) is 11.1 Å². The van der Waals surface area contributed by atoms with Crippen LogP contribution in [-0.2, 0) is 0 Å². The van der Waals surface area contributed by atoms with E-state index in [2.05, 4.69) is 36.2 Å². The standard InChI is InChI=1S/C16H24N2O/c1-18(11-16(19)8-4-5-9-16)15-10-14(17)12-6-2-3-7-13(12)15/h2-3,6-7,14-15,19H,4-5,8-11,17H2,1H3. The van der Waals surface area contributed by atoms with E-state index in [0.717, 1.165) is 38.6 Å². The van der Waals surface area contributed by atoms with Gasteiger partial charge in [-0.05, 0) is 37.4 Å². The lowest BCUT2D eigenvalue weighted by Gasteiger charge is -2.33. The van der Waals surface area contributed by atoms with Crippen LogP contribution >= 0.6 is 0 Å². The van der Waals surface area contributed by atoms with Crippen molar-refractivity contribution in [3.63, 3.8) is 0 Å². The third-order valence-corrected chi connectivity index (χ3v) is 4.84. The first-order valence-electron chi connectivity index (χ1n) is 7.36. The molecule has 19 heavy (non-hydrogen) atoms. The van der Waals surface area contributed by atoms with Crippen LogP contribution in [0.15, 0.2) is 24.3 Å². The number of hydrogen-bond acceptors (Lipinski definition) is 3. The molecule has 0 amide bonds. The molecule has 104 valence electrons. The predicted molar refractivity (Wildman–Crippen MR) is 76.8 cm³/mol. The Labute approximate surface area is 115 Å². The van der Waals surface area contributed by atoms with Gasteiger partial charge in [0.2, 0.25) is 0 Å².